The highest BCUT2D eigenvalue weighted by Crippen LogP contribution is 2.26. The third kappa shape index (κ3) is 2.38. The molecule has 0 unspecified atom stereocenters. The number of anilines is 1. The van der Waals surface area contributed by atoms with Crippen LogP contribution in [0.3, 0.4) is 0 Å². The van der Waals surface area contributed by atoms with Crippen molar-refractivity contribution in [2.45, 2.75) is 33.3 Å². The summed E-state index contributed by atoms with van der Waals surface area (Å²) < 4.78 is 0. The van der Waals surface area contributed by atoms with Gasteiger partial charge in [0.1, 0.15) is 0 Å². The first-order chi connectivity index (χ1) is 7.70. The smallest absolute Gasteiger partial charge is 0.0681 e. The Morgan fingerprint density at radius 2 is 2.00 bits per heavy atom. The molecule has 0 saturated carbocycles. The van der Waals surface area contributed by atoms with Crippen LogP contribution in [0.5, 0.6) is 0 Å². The van der Waals surface area contributed by atoms with Gasteiger partial charge in [-0.05, 0) is 42.9 Å². The number of aryl methyl sites for hydroxylation is 1. The normalized spacial score (nSPS) is 17.8. The molecule has 0 spiro atoms. The van der Waals surface area contributed by atoms with Gasteiger partial charge in [-0.3, -0.25) is 0 Å². The van der Waals surface area contributed by atoms with E-state index in [2.05, 4.69) is 30.9 Å². The number of nitrogens with zero attached hydrogens (tertiary/aromatic N) is 1. The molecule has 1 aromatic carbocycles. The fourth-order valence-electron chi connectivity index (χ4n) is 2.42. The molecule has 1 heterocycles. The highest BCUT2D eigenvalue weighted by Gasteiger charge is 2.17. The molecule has 1 N–H and O–H groups in total. The number of benzene rings is 1. The molecule has 88 valence electrons. The lowest BCUT2D eigenvalue weighted by Gasteiger charge is -2.33. The van der Waals surface area contributed by atoms with Crippen molar-refractivity contribution in [3.63, 3.8) is 0 Å². The molecular weight excluding hydrogens is 198 g/mol. The van der Waals surface area contributed by atoms with Crippen LogP contribution in [0, 0.1) is 12.8 Å². The van der Waals surface area contributed by atoms with Gasteiger partial charge in [0.15, 0.2) is 0 Å². The van der Waals surface area contributed by atoms with Crippen LogP contribution in [-0.2, 0) is 6.61 Å². The second kappa shape index (κ2) is 4.88. The van der Waals surface area contributed by atoms with E-state index in [9.17, 15) is 0 Å². The van der Waals surface area contributed by atoms with E-state index in [0.717, 1.165) is 11.5 Å². The summed E-state index contributed by atoms with van der Waals surface area (Å²) in [6, 6.07) is 6.27. The van der Waals surface area contributed by atoms with Crippen LogP contribution < -0.4 is 4.90 Å². The maximum Gasteiger partial charge on any atom is 0.0681 e. The monoisotopic (exact) mass is 219 g/mol. The van der Waals surface area contributed by atoms with Crippen molar-refractivity contribution in [1.29, 1.82) is 0 Å². The fraction of sp³-hybridized carbons (Fsp3) is 0.571. The van der Waals surface area contributed by atoms with E-state index in [1.165, 1.54) is 37.2 Å². The molecule has 1 fully saturated rings. The van der Waals surface area contributed by atoms with Crippen LogP contribution in [0.1, 0.15) is 30.9 Å². The Balaban J connectivity index is 2.14. The minimum Gasteiger partial charge on any atom is -0.392 e. The zero-order valence-corrected chi connectivity index (χ0v) is 10.2. The van der Waals surface area contributed by atoms with Gasteiger partial charge in [0.25, 0.3) is 0 Å². The van der Waals surface area contributed by atoms with Gasteiger partial charge in [0.05, 0.1) is 6.61 Å². The quantitative estimate of drug-likeness (QED) is 0.826. The molecule has 16 heavy (non-hydrogen) atoms. The summed E-state index contributed by atoms with van der Waals surface area (Å²) >= 11 is 0. The second-order valence-electron chi connectivity index (χ2n) is 4.95. The van der Waals surface area contributed by atoms with Gasteiger partial charge in [0.2, 0.25) is 0 Å². The SMILES string of the molecule is Cc1cc(CO)ccc1N1CCC(C)CC1. The van der Waals surface area contributed by atoms with Crippen molar-refractivity contribution in [2.75, 3.05) is 18.0 Å². The summed E-state index contributed by atoms with van der Waals surface area (Å²) in [4.78, 5) is 2.47. The third-order valence-electron chi connectivity index (χ3n) is 3.57. The molecule has 0 bridgehead atoms. The van der Waals surface area contributed by atoms with Gasteiger partial charge in [-0.15, -0.1) is 0 Å². The molecule has 1 aliphatic heterocycles. The van der Waals surface area contributed by atoms with E-state index in [4.69, 9.17) is 5.11 Å². The topological polar surface area (TPSA) is 23.5 Å². The summed E-state index contributed by atoms with van der Waals surface area (Å²) in [5, 5.41) is 9.08. The Morgan fingerprint density at radius 3 is 2.56 bits per heavy atom. The molecule has 0 atom stereocenters. The fourth-order valence-corrected chi connectivity index (χ4v) is 2.42. The molecule has 0 aromatic heterocycles. The lowest BCUT2D eigenvalue weighted by atomic mass is 9.98. The van der Waals surface area contributed by atoms with Gasteiger partial charge in [-0.25, -0.2) is 0 Å². The summed E-state index contributed by atoms with van der Waals surface area (Å²) in [6.45, 7) is 6.94. The Hall–Kier alpha value is -1.02. The molecule has 1 saturated heterocycles. The second-order valence-corrected chi connectivity index (χ2v) is 4.95. The van der Waals surface area contributed by atoms with E-state index >= 15 is 0 Å². The molecule has 0 aliphatic carbocycles. The summed E-state index contributed by atoms with van der Waals surface area (Å²) in [5.74, 6) is 0.869. The van der Waals surface area contributed by atoms with Gasteiger partial charge < -0.3 is 10.0 Å². The Morgan fingerprint density at radius 1 is 1.31 bits per heavy atom. The van der Waals surface area contributed by atoms with Crippen LogP contribution in [0.2, 0.25) is 0 Å². The standard InChI is InChI=1S/C14H21NO/c1-11-5-7-15(8-6-11)14-4-3-13(10-16)9-12(14)2/h3-4,9,11,16H,5-8,10H2,1-2H3. The molecule has 2 rings (SSSR count). The summed E-state index contributed by atoms with van der Waals surface area (Å²) in [7, 11) is 0. The van der Waals surface area contributed by atoms with Crippen molar-refractivity contribution in [3.05, 3.63) is 29.3 Å². The first-order valence-electron chi connectivity index (χ1n) is 6.16. The number of hydrogen-bond donors (Lipinski definition) is 1. The van der Waals surface area contributed by atoms with Crippen molar-refractivity contribution < 1.29 is 5.11 Å². The van der Waals surface area contributed by atoms with Gasteiger partial charge in [-0.2, -0.15) is 0 Å². The Labute approximate surface area is 97.9 Å². The predicted molar refractivity (Wildman–Crippen MR) is 67.7 cm³/mol. The first kappa shape index (κ1) is 11.5. The van der Waals surface area contributed by atoms with Crippen LogP contribution in [0.15, 0.2) is 18.2 Å². The minimum absolute atomic E-state index is 0.137. The molecule has 1 aliphatic rings. The maximum absolute atomic E-state index is 9.08. The largest absolute Gasteiger partial charge is 0.392 e. The van der Waals surface area contributed by atoms with Crippen LogP contribution >= 0.6 is 0 Å². The van der Waals surface area contributed by atoms with Gasteiger partial charge in [0, 0.05) is 18.8 Å². The van der Waals surface area contributed by atoms with E-state index in [1.54, 1.807) is 0 Å². The number of aliphatic hydroxyl groups excluding tert-OH is 1. The molecule has 2 nitrogen and oxygen atoms in total. The van der Waals surface area contributed by atoms with Crippen LogP contribution in [0.25, 0.3) is 0 Å². The first-order valence-corrected chi connectivity index (χ1v) is 6.16. The lowest BCUT2D eigenvalue weighted by Crippen LogP contribution is -2.33. The number of hydrogen-bond acceptors (Lipinski definition) is 2. The maximum atomic E-state index is 9.08. The third-order valence-corrected chi connectivity index (χ3v) is 3.57. The van der Waals surface area contributed by atoms with E-state index in [0.29, 0.717) is 0 Å². The summed E-state index contributed by atoms with van der Waals surface area (Å²) in [5.41, 5.74) is 3.62. The molecular formula is C14H21NO. The van der Waals surface area contributed by atoms with E-state index in [-0.39, 0.29) is 6.61 Å². The van der Waals surface area contributed by atoms with Crippen molar-refractivity contribution in [1.82, 2.24) is 0 Å². The predicted octanol–water partition coefficient (Wildman–Crippen LogP) is 2.72. The highest BCUT2D eigenvalue weighted by atomic mass is 16.3. The van der Waals surface area contributed by atoms with Crippen molar-refractivity contribution >= 4 is 5.69 Å². The average molecular weight is 219 g/mol. The van der Waals surface area contributed by atoms with Gasteiger partial charge >= 0.3 is 0 Å². The van der Waals surface area contributed by atoms with E-state index in [1.807, 2.05) is 6.07 Å². The summed E-state index contributed by atoms with van der Waals surface area (Å²) in [6.07, 6.45) is 2.59. The van der Waals surface area contributed by atoms with Crippen molar-refractivity contribution in [3.8, 4) is 0 Å². The average Bonchev–Trinajstić information content (AvgIpc) is 2.30. The van der Waals surface area contributed by atoms with Gasteiger partial charge in [-0.1, -0.05) is 19.1 Å². The Bertz CT molecular complexity index is 354. The Kier molecular flexibility index (Phi) is 3.49. The number of piperidine rings is 1. The molecule has 0 radical (unpaired) electrons. The minimum atomic E-state index is 0.137. The van der Waals surface area contributed by atoms with Crippen molar-refractivity contribution in [2.24, 2.45) is 5.92 Å². The van der Waals surface area contributed by atoms with Crippen LogP contribution in [0.4, 0.5) is 5.69 Å². The zero-order valence-electron chi connectivity index (χ0n) is 10.2. The zero-order chi connectivity index (χ0) is 11.5. The molecule has 2 heteroatoms. The lowest BCUT2D eigenvalue weighted by molar-refractivity contribution is 0.282. The molecule has 1 aromatic rings. The number of aliphatic hydroxyl groups is 1. The van der Waals surface area contributed by atoms with Crippen LogP contribution in [-0.4, -0.2) is 18.2 Å². The molecule has 0 amide bonds. The highest BCUT2D eigenvalue weighted by molar-refractivity contribution is 5.54. The van der Waals surface area contributed by atoms with E-state index < -0.39 is 0 Å². The number of rotatable bonds is 2.